The number of aromatic nitrogens is 1. The number of halogens is 4. The first kappa shape index (κ1) is 24.5. The van der Waals surface area contributed by atoms with Gasteiger partial charge >= 0.3 is 6.18 Å². The van der Waals surface area contributed by atoms with E-state index in [9.17, 15) is 22.4 Å². The minimum Gasteiger partial charge on any atom is -0.478 e. The highest BCUT2D eigenvalue weighted by Gasteiger charge is 2.32. The molecule has 0 spiro atoms. The number of rotatable bonds is 8. The molecule has 1 fully saturated rings. The molecule has 1 aromatic heterocycles. The van der Waals surface area contributed by atoms with E-state index in [-0.39, 0.29) is 41.9 Å². The lowest BCUT2D eigenvalue weighted by Crippen LogP contribution is -2.24. The van der Waals surface area contributed by atoms with Crippen LogP contribution in [-0.2, 0) is 12.7 Å². The lowest BCUT2D eigenvalue weighted by Gasteiger charge is -2.18. The van der Waals surface area contributed by atoms with Crippen molar-refractivity contribution in [1.29, 1.82) is 0 Å². The molecule has 1 aliphatic heterocycles. The van der Waals surface area contributed by atoms with Crippen molar-refractivity contribution in [3.63, 3.8) is 0 Å². The maximum Gasteiger partial charge on any atom is 0.416 e. The van der Waals surface area contributed by atoms with Crippen molar-refractivity contribution in [1.82, 2.24) is 9.88 Å². The first-order valence-corrected chi connectivity index (χ1v) is 11.1. The molecule has 4 rings (SSSR count). The Morgan fingerprint density at radius 2 is 1.80 bits per heavy atom. The molecule has 0 bridgehead atoms. The van der Waals surface area contributed by atoms with E-state index in [1.165, 1.54) is 30.5 Å². The fourth-order valence-electron chi connectivity index (χ4n) is 3.71. The Morgan fingerprint density at radius 3 is 2.51 bits per heavy atom. The van der Waals surface area contributed by atoms with Crippen LogP contribution in [0.3, 0.4) is 0 Å². The first-order chi connectivity index (χ1) is 16.8. The van der Waals surface area contributed by atoms with Crippen molar-refractivity contribution in [3.05, 3.63) is 83.3 Å². The van der Waals surface area contributed by atoms with Crippen LogP contribution in [0.25, 0.3) is 0 Å². The molecule has 0 radical (unpaired) electrons. The highest BCUT2D eigenvalue weighted by molar-refractivity contribution is 6.07. The highest BCUT2D eigenvalue weighted by atomic mass is 19.4. The van der Waals surface area contributed by atoms with E-state index in [2.05, 4.69) is 15.6 Å². The maximum absolute atomic E-state index is 13.5. The van der Waals surface area contributed by atoms with Gasteiger partial charge in [0.2, 0.25) is 0 Å². The van der Waals surface area contributed by atoms with Crippen LogP contribution in [-0.4, -0.2) is 35.6 Å². The zero-order valence-electron chi connectivity index (χ0n) is 18.7. The topological polar surface area (TPSA) is 66.5 Å². The fourth-order valence-corrected chi connectivity index (χ4v) is 3.71. The number of likely N-dealkylation sites (tertiary alicyclic amines) is 1. The summed E-state index contributed by atoms with van der Waals surface area (Å²) in [6, 6.07) is 12.0. The van der Waals surface area contributed by atoms with E-state index in [4.69, 9.17) is 4.74 Å². The van der Waals surface area contributed by atoms with Gasteiger partial charge in [0.1, 0.15) is 24.1 Å². The van der Waals surface area contributed by atoms with Crippen molar-refractivity contribution in [2.24, 2.45) is 0 Å². The molecule has 2 aromatic carbocycles. The zero-order chi connectivity index (χ0) is 24.8. The molecule has 35 heavy (non-hydrogen) atoms. The molecule has 0 atom stereocenters. The maximum atomic E-state index is 13.5. The minimum atomic E-state index is -4.61. The Labute approximate surface area is 199 Å². The number of benzene rings is 2. The van der Waals surface area contributed by atoms with Crippen molar-refractivity contribution in [2.45, 2.75) is 25.6 Å². The van der Waals surface area contributed by atoms with Crippen LogP contribution >= 0.6 is 0 Å². The average molecular weight is 488 g/mol. The number of alkyl halides is 3. The molecular formula is C25H24F4N4O2. The molecule has 1 saturated heterocycles. The van der Waals surface area contributed by atoms with Crippen LogP contribution in [0.5, 0.6) is 5.75 Å². The van der Waals surface area contributed by atoms with E-state index in [0.717, 1.165) is 43.6 Å². The van der Waals surface area contributed by atoms with Crippen molar-refractivity contribution < 1.29 is 27.1 Å². The number of nitrogens with one attached hydrogen (secondary N) is 2. The standard InChI is InChI=1S/C25H24F4N4O2/c26-19-7-5-17(6-8-19)15-31-23-22(4-3-9-30-23)24(34)32-20-12-18(25(27,28)29)13-21(14-20)35-16-33-10-1-2-11-33/h3-9,12-14H,1-2,10-11,15-16H2,(H,30,31)(H,32,34). The molecule has 1 amide bonds. The van der Waals surface area contributed by atoms with Crippen LogP contribution in [0.4, 0.5) is 29.1 Å². The number of nitrogens with zero attached hydrogens (tertiary/aromatic N) is 2. The van der Waals surface area contributed by atoms with Crippen molar-refractivity contribution in [2.75, 3.05) is 30.5 Å². The number of hydrogen-bond donors (Lipinski definition) is 2. The van der Waals surface area contributed by atoms with E-state index in [1.807, 2.05) is 4.90 Å². The van der Waals surface area contributed by atoms with Gasteiger partial charge in [-0.1, -0.05) is 12.1 Å². The molecule has 0 unspecified atom stereocenters. The summed E-state index contributed by atoms with van der Waals surface area (Å²) >= 11 is 0. The Balaban J connectivity index is 1.50. The van der Waals surface area contributed by atoms with Gasteiger partial charge in [0.15, 0.2) is 0 Å². The molecule has 184 valence electrons. The molecular weight excluding hydrogens is 464 g/mol. The number of pyridine rings is 1. The third-order valence-electron chi connectivity index (χ3n) is 5.53. The van der Waals surface area contributed by atoms with Crippen LogP contribution in [0.15, 0.2) is 60.8 Å². The van der Waals surface area contributed by atoms with Crippen LogP contribution in [0.2, 0.25) is 0 Å². The second kappa shape index (κ2) is 10.7. The summed E-state index contributed by atoms with van der Waals surface area (Å²) in [5.74, 6) is -0.740. The normalized spacial score (nSPS) is 14.1. The predicted octanol–water partition coefficient (Wildman–Crippen LogP) is 5.54. The van der Waals surface area contributed by atoms with Crippen LogP contribution < -0.4 is 15.4 Å². The summed E-state index contributed by atoms with van der Waals surface area (Å²) in [7, 11) is 0. The second-order valence-corrected chi connectivity index (χ2v) is 8.18. The number of ether oxygens (including phenoxy) is 1. The summed E-state index contributed by atoms with van der Waals surface area (Å²) in [5.41, 5.74) is -0.0604. The summed E-state index contributed by atoms with van der Waals surface area (Å²) in [5, 5.41) is 5.53. The average Bonchev–Trinajstić information content (AvgIpc) is 3.36. The molecule has 2 N–H and O–H groups in total. The second-order valence-electron chi connectivity index (χ2n) is 8.18. The Kier molecular flexibility index (Phi) is 7.50. The Bertz CT molecular complexity index is 1160. The van der Waals surface area contributed by atoms with Gasteiger partial charge in [0, 0.05) is 37.6 Å². The number of anilines is 2. The van der Waals surface area contributed by atoms with Gasteiger partial charge in [-0.15, -0.1) is 0 Å². The zero-order valence-corrected chi connectivity index (χ0v) is 18.7. The largest absolute Gasteiger partial charge is 0.478 e. The van der Waals surface area contributed by atoms with Gasteiger partial charge in [0.25, 0.3) is 5.91 Å². The third-order valence-corrected chi connectivity index (χ3v) is 5.53. The van der Waals surface area contributed by atoms with E-state index in [1.54, 1.807) is 18.2 Å². The van der Waals surface area contributed by atoms with Gasteiger partial charge in [-0.3, -0.25) is 9.69 Å². The molecule has 10 heteroatoms. The minimum absolute atomic E-state index is 0.0165. The Morgan fingerprint density at radius 1 is 1.06 bits per heavy atom. The Hall–Kier alpha value is -3.66. The first-order valence-electron chi connectivity index (χ1n) is 11.1. The summed E-state index contributed by atoms with van der Waals surface area (Å²) in [4.78, 5) is 19.1. The van der Waals surface area contributed by atoms with Gasteiger partial charge in [-0.05, 0) is 54.8 Å². The smallest absolute Gasteiger partial charge is 0.416 e. The quantitative estimate of drug-likeness (QED) is 0.408. The summed E-state index contributed by atoms with van der Waals surface area (Å²) in [6.07, 6.45) is -1.08. The number of carbonyl (C=O) groups is 1. The predicted molar refractivity (Wildman–Crippen MR) is 124 cm³/mol. The van der Waals surface area contributed by atoms with Gasteiger partial charge in [-0.2, -0.15) is 13.2 Å². The molecule has 0 saturated carbocycles. The molecule has 2 heterocycles. The fraction of sp³-hybridized carbons (Fsp3) is 0.280. The number of hydrogen-bond acceptors (Lipinski definition) is 5. The highest BCUT2D eigenvalue weighted by Crippen LogP contribution is 2.34. The molecule has 0 aliphatic carbocycles. The van der Waals surface area contributed by atoms with E-state index in [0.29, 0.717) is 0 Å². The van der Waals surface area contributed by atoms with Crippen LogP contribution in [0.1, 0.15) is 34.3 Å². The lowest BCUT2D eigenvalue weighted by molar-refractivity contribution is -0.137. The summed E-state index contributed by atoms with van der Waals surface area (Å²) < 4.78 is 59.1. The molecule has 6 nitrogen and oxygen atoms in total. The third kappa shape index (κ3) is 6.69. The number of amides is 1. The van der Waals surface area contributed by atoms with Gasteiger partial charge in [-0.25, -0.2) is 9.37 Å². The summed E-state index contributed by atoms with van der Waals surface area (Å²) in [6.45, 7) is 2.11. The van der Waals surface area contributed by atoms with E-state index < -0.39 is 17.6 Å². The molecule has 3 aromatic rings. The van der Waals surface area contributed by atoms with Crippen molar-refractivity contribution in [3.8, 4) is 5.75 Å². The van der Waals surface area contributed by atoms with Crippen LogP contribution in [0, 0.1) is 5.82 Å². The number of carbonyl (C=O) groups excluding carboxylic acids is 1. The SMILES string of the molecule is O=C(Nc1cc(OCN2CCCC2)cc(C(F)(F)F)c1)c1cccnc1NCc1ccc(F)cc1. The van der Waals surface area contributed by atoms with E-state index >= 15 is 0 Å². The van der Waals surface area contributed by atoms with Crippen molar-refractivity contribution >= 4 is 17.4 Å². The lowest BCUT2D eigenvalue weighted by atomic mass is 10.1. The molecule has 1 aliphatic rings. The van der Waals surface area contributed by atoms with Gasteiger partial charge in [0.05, 0.1) is 11.1 Å². The van der Waals surface area contributed by atoms with Gasteiger partial charge < -0.3 is 15.4 Å². The monoisotopic (exact) mass is 488 g/mol.